The molecule has 0 aromatic rings. The fraction of sp³-hybridized carbons (Fsp3) is 1.00. The van der Waals surface area contributed by atoms with Gasteiger partial charge in [-0.05, 0) is 45.7 Å². The van der Waals surface area contributed by atoms with Crippen LogP contribution in [0.2, 0.25) is 0 Å². The molecule has 2 rings (SSSR count). The lowest BCUT2D eigenvalue weighted by molar-refractivity contribution is 0.124. The van der Waals surface area contributed by atoms with Crippen LogP contribution < -0.4 is 10.0 Å². The van der Waals surface area contributed by atoms with Crippen LogP contribution in [0.3, 0.4) is 0 Å². The summed E-state index contributed by atoms with van der Waals surface area (Å²) in [6.07, 6.45) is 5.99. The van der Waals surface area contributed by atoms with Crippen molar-refractivity contribution in [2.45, 2.75) is 57.2 Å². The highest BCUT2D eigenvalue weighted by molar-refractivity contribution is 7.89. The van der Waals surface area contributed by atoms with Crippen LogP contribution in [0.4, 0.5) is 0 Å². The highest BCUT2D eigenvalue weighted by atomic mass is 32.2. The quantitative estimate of drug-likeness (QED) is 0.718. The Kier molecular flexibility index (Phi) is 5.22. The van der Waals surface area contributed by atoms with Gasteiger partial charge < -0.3 is 5.32 Å². The Labute approximate surface area is 117 Å². The van der Waals surface area contributed by atoms with Gasteiger partial charge in [-0.1, -0.05) is 6.92 Å². The number of nitrogens with one attached hydrogen (secondary N) is 2. The van der Waals surface area contributed by atoms with Gasteiger partial charge in [0.1, 0.15) is 0 Å². The van der Waals surface area contributed by atoms with E-state index in [-0.39, 0.29) is 5.75 Å². The third-order valence-electron chi connectivity index (χ3n) is 4.50. The van der Waals surface area contributed by atoms with E-state index in [1.807, 2.05) is 0 Å². The number of sulfonamides is 1. The van der Waals surface area contributed by atoms with Crippen LogP contribution in [0.25, 0.3) is 0 Å². The van der Waals surface area contributed by atoms with Crippen molar-refractivity contribution in [2.24, 2.45) is 0 Å². The number of nitrogens with zero attached hydrogens (tertiary/aromatic N) is 1. The van der Waals surface area contributed by atoms with Gasteiger partial charge in [0.25, 0.3) is 0 Å². The van der Waals surface area contributed by atoms with Crippen LogP contribution in [-0.2, 0) is 10.0 Å². The predicted molar refractivity (Wildman–Crippen MR) is 77.7 cm³/mol. The summed E-state index contributed by atoms with van der Waals surface area (Å²) in [6.45, 7) is 3.97. The Morgan fingerprint density at radius 2 is 1.84 bits per heavy atom. The van der Waals surface area contributed by atoms with E-state index in [2.05, 4.69) is 21.9 Å². The molecule has 0 saturated carbocycles. The maximum atomic E-state index is 11.5. The molecule has 0 aliphatic carbocycles. The standard InChI is InChI=1S/C13H27N3O2S/c1-3-6-15-11-9-12-4-5-13(10-11)16(12)7-8-19(17,18)14-2/h11-15H,3-10H2,1-2H3. The molecule has 0 aromatic heterocycles. The molecule has 2 aliphatic heterocycles. The van der Waals surface area contributed by atoms with E-state index in [9.17, 15) is 8.42 Å². The van der Waals surface area contributed by atoms with Gasteiger partial charge in [-0.25, -0.2) is 13.1 Å². The Morgan fingerprint density at radius 3 is 2.37 bits per heavy atom. The average molecular weight is 289 g/mol. The fourth-order valence-electron chi connectivity index (χ4n) is 3.48. The molecule has 2 unspecified atom stereocenters. The third kappa shape index (κ3) is 3.90. The lowest BCUT2D eigenvalue weighted by atomic mass is 9.97. The van der Waals surface area contributed by atoms with Crippen molar-refractivity contribution in [3.05, 3.63) is 0 Å². The Bertz CT molecular complexity index is 371. The largest absolute Gasteiger partial charge is 0.314 e. The van der Waals surface area contributed by atoms with Gasteiger partial charge in [0, 0.05) is 24.7 Å². The van der Waals surface area contributed by atoms with Crippen LogP contribution in [-0.4, -0.2) is 57.3 Å². The topological polar surface area (TPSA) is 61.4 Å². The Hall–Kier alpha value is -0.170. The average Bonchev–Trinajstić information content (AvgIpc) is 2.64. The second kappa shape index (κ2) is 6.52. The summed E-state index contributed by atoms with van der Waals surface area (Å²) in [4.78, 5) is 2.43. The van der Waals surface area contributed by atoms with Crippen LogP contribution in [0.15, 0.2) is 0 Å². The molecule has 2 atom stereocenters. The molecule has 5 nitrogen and oxygen atoms in total. The van der Waals surface area contributed by atoms with Crippen LogP contribution in [0.1, 0.15) is 39.0 Å². The molecule has 112 valence electrons. The molecule has 2 saturated heterocycles. The van der Waals surface area contributed by atoms with Gasteiger partial charge in [-0.15, -0.1) is 0 Å². The van der Waals surface area contributed by atoms with Crippen molar-refractivity contribution in [3.8, 4) is 0 Å². The second-order valence-electron chi connectivity index (χ2n) is 5.77. The highest BCUT2D eigenvalue weighted by Crippen LogP contribution is 2.35. The molecule has 0 amide bonds. The molecule has 0 aromatic carbocycles. The summed E-state index contributed by atoms with van der Waals surface area (Å²) in [5.74, 6) is 0.226. The van der Waals surface area contributed by atoms with Gasteiger partial charge in [-0.3, -0.25) is 4.90 Å². The van der Waals surface area contributed by atoms with Gasteiger partial charge in [0.05, 0.1) is 5.75 Å². The minimum absolute atomic E-state index is 0.226. The van der Waals surface area contributed by atoms with Gasteiger partial charge >= 0.3 is 0 Å². The summed E-state index contributed by atoms with van der Waals surface area (Å²) in [7, 11) is -1.58. The van der Waals surface area contributed by atoms with Crippen LogP contribution >= 0.6 is 0 Å². The smallest absolute Gasteiger partial charge is 0.212 e. The van der Waals surface area contributed by atoms with Crippen molar-refractivity contribution < 1.29 is 8.42 Å². The zero-order valence-corrected chi connectivity index (χ0v) is 12.9. The lowest BCUT2D eigenvalue weighted by Crippen LogP contribution is -2.50. The maximum absolute atomic E-state index is 11.5. The first kappa shape index (κ1) is 15.2. The number of fused-ring (bicyclic) bond motifs is 2. The second-order valence-corrected chi connectivity index (χ2v) is 7.81. The normalized spacial score (nSPS) is 31.8. The van der Waals surface area contributed by atoms with Gasteiger partial charge in [0.15, 0.2) is 0 Å². The zero-order valence-electron chi connectivity index (χ0n) is 12.1. The molecule has 19 heavy (non-hydrogen) atoms. The number of hydrogen-bond donors (Lipinski definition) is 2. The maximum Gasteiger partial charge on any atom is 0.212 e. The number of hydrogen-bond acceptors (Lipinski definition) is 4. The number of piperidine rings is 1. The molecular weight excluding hydrogens is 262 g/mol. The van der Waals surface area contributed by atoms with Crippen molar-refractivity contribution in [1.82, 2.24) is 14.9 Å². The van der Waals surface area contributed by atoms with E-state index in [1.165, 1.54) is 39.2 Å². The van der Waals surface area contributed by atoms with Crippen molar-refractivity contribution in [3.63, 3.8) is 0 Å². The number of rotatable bonds is 7. The first-order valence-corrected chi connectivity index (χ1v) is 9.11. The van der Waals surface area contributed by atoms with E-state index in [1.54, 1.807) is 0 Å². The van der Waals surface area contributed by atoms with Crippen LogP contribution in [0, 0.1) is 0 Å². The minimum Gasteiger partial charge on any atom is -0.314 e. The highest BCUT2D eigenvalue weighted by Gasteiger charge is 2.40. The Morgan fingerprint density at radius 1 is 1.21 bits per heavy atom. The molecule has 0 spiro atoms. The SMILES string of the molecule is CCCNC1CC2CCC(C1)N2CCS(=O)(=O)NC. The minimum atomic E-state index is -3.07. The van der Waals surface area contributed by atoms with E-state index in [0.717, 1.165) is 6.54 Å². The molecule has 0 radical (unpaired) electrons. The summed E-state index contributed by atoms with van der Waals surface area (Å²) >= 11 is 0. The van der Waals surface area contributed by atoms with Gasteiger partial charge in [-0.2, -0.15) is 0 Å². The summed E-state index contributed by atoms with van der Waals surface area (Å²) in [5.41, 5.74) is 0. The van der Waals surface area contributed by atoms with Crippen molar-refractivity contribution >= 4 is 10.0 Å². The van der Waals surface area contributed by atoms with E-state index >= 15 is 0 Å². The van der Waals surface area contributed by atoms with Crippen LogP contribution in [0.5, 0.6) is 0 Å². The van der Waals surface area contributed by atoms with E-state index in [0.29, 0.717) is 24.7 Å². The fourth-order valence-corrected chi connectivity index (χ4v) is 4.14. The third-order valence-corrected chi connectivity index (χ3v) is 5.84. The lowest BCUT2D eigenvalue weighted by Gasteiger charge is -2.39. The van der Waals surface area contributed by atoms with Crippen molar-refractivity contribution in [1.29, 1.82) is 0 Å². The van der Waals surface area contributed by atoms with Crippen molar-refractivity contribution in [2.75, 3.05) is 25.9 Å². The molecule has 2 bridgehead atoms. The van der Waals surface area contributed by atoms with E-state index in [4.69, 9.17) is 0 Å². The summed E-state index contributed by atoms with van der Waals surface area (Å²) in [6, 6.07) is 1.80. The molecule has 6 heteroatoms. The van der Waals surface area contributed by atoms with E-state index < -0.39 is 10.0 Å². The molecule has 2 heterocycles. The zero-order chi connectivity index (χ0) is 13.9. The molecular formula is C13H27N3O2S. The molecule has 2 fully saturated rings. The Balaban J connectivity index is 1.85. The van der Waals surface area contributed by atoms with Gasteiger partial charge in [0.2, 0.25) is 10.0 Å². The summed E-state index contributed by atoms with van der Waals surface area (Å²) < 4.78 is 25.5. The summed E-state index contributed by atoms with van der Waals surface area (Å²) in [5, 5.41) is 3.62. The first-order valence-electron chi connectivity index (χ1n) is 7.46. The molecule has 2 aliphatic rings. The molecule has 2 N–H and O–H groups in total. The monoisotopic (exact) mass is 289 g/mol. The predicted octanol–water partition coefficient (Wildman–Crippen LogP) is 0.531. The first-order chi connectivity index (χ1) is 9.05.